The number of carbonyl (C=O) groups is 1. The molecule has 1 N–H and O–H groups in total. The number of benzene rings is 1. The average molecular weight is 362 g/mol. The second kappa shape index (κ2) is 8.39. The molecule has 25 heavy (non-hydrogen) atoms. The standard InChI is InChI=1S/C16H21F3N2O4/c1-23-13-4-3-11(9-14(13)24-2)12(21-5-7-25-8-6-21)10-20-15(22)16(17,18)19/h3-4,9,12H,5-8,10H2,1-2H3,(H,20,22)/t12-/m1/s1. The lowest BCUT2D eigenvalue weighted by molar-refractivity contribution is -0.173. The fourth-order valence-electron chi connectivity index (χ4n) is 2.70. The van der Waals surface area contributed by atoms with Crippen LogP contribution in [0.1, 0.15) is 11.6 Å². The van der Waals surface area contributed by atoms with E-state index in [-0.39, 0.29) is 6.54 Å². The Labute approximate surface area is 143 Å². The number of nitrogens with zero attached hydrogens (tertiary/aromatic N) is 1. The minimum atomic E-state index is -4.91. The number of hydrogen-bond donors (Lipinski definition) is 1. The van der Waals surface area contributed by atoms with E-state index in [1.54, 1.807) is 18.2 Å². The molecule has 1 saturated heterocycles. The molecular weight excluding hydrogens is 341 g/mol. The van der Waals surface area contributed by atoms with E-state index < -0.39 is 18.1 Å². The van der Waals surface area contributed by atoms with E-state index in [1.807, 2.05) is 10.2 Å². The van der Waals surface area contributed by atoms with Gasteiger partial charge in [-0.15, -0.1) is 0 Å². The molecule has 1 aromatic rings. The van der Waals surface area contributed by atoms with Gasteiger partial charge in [0.05, 0.1) is 33.5 Å². The third-order valence-electron chi connectivity index (χ3n) is 3.99. The van der Waals surface area contributed by atoms with Gasteiger partial charge in [0.1, 0.15) is 0 Å². The number of ether oxygens (including phenoxy) is 3. The van der Waals surface area contributed by atoms with Crippen LogP contribution in [0, 0.1) is 0 Å². The van der Waals surface area contributed by atoms with Gasteiger partial charge >= 0.3 is 12.1 Å². The molecule has 0 unspecified atom stereocenters. The highest BCUT2D eigenvalue weighted by atomic mass is 19.4. The van der Waals surface area contributed by atoms with Crippen LogP contribution in [0.4, 0.5) is 13.2 Å². The minimum Gasteiger partial charge on any atom is -0.493 e. The third-order valence-corrected chi connectivity index (χ3v) is 3.99. The molecule has 0 saturated carbocycles. The Kier molecular flexibility index (Phi) is 6.49. The number of alkyl halides is 3. The highest BCUT2D eigenvalue weighted by Gasteiger charge is 2.39. The maximum Gasteiger partial charge on any atom is 0.471 e. The van der Waals surface area contributed by atoms with Crippen molar-refractivity contribution < 1.29 is 32.2 Å². The van der Waals surface area contributed by atoms with Gasteiger partial charge in [0.25, 0.3) is 0 Å². The largest absolute Gasteiger partial charge is 0.493 e. The molecule has 0 aliphatic carbocycles. The number of morpholine rings is 1. The summed E-state index contributed by atoms with van der Waals surface area (Å²) in [7, 11) is 2.98. The second-order valence-electron chi connectivity index (χ2n) is 5.49. The molecule has 1 atom stereocenters. The molecule has 140 valence electrons. The Balaban J connectivity index is 2.23. The van der Waals surface area contributed by atoms with Crippen LogP contribution in [-0.2, 0) is 9.53 Å². The lowest BCUT2D eigenvalue weighted by Gasteiger charge is -2.35. The second-order valence-corrected chi connectivity index (χ2v) is 5.49. The van der Waals surface area contributed by atoms with Gasteiger partial charge in [-0.2, -0.15) is 13.2 Å². The fraction of sp³-hybridized carbons (Fsp3) is 0.562. The molecule has 6 nitrogen and oxygen atoms in total. The Bertz CT molecular complexity index is 589. The molecule has 9 heteroatoms. The normalized spacial score (nSPS) is 17.0. The molecule has 1 aromatic carbocycles. The first-order chi connectivity index (χ1) is 11.9. The van der Waals surface area contributed by atoms with Gasteiger partial charge in [-0.1, -0.05) is 6.07 Å². The summed E-state index contributed by atoms with van der Waals surface area (Å²) in [4.78, 5) is 13.2. The number of methoxy groups -OCH3 is 2. The van der Waals surface area contributed by atoms with Gasteiger partial charge in [-0.25, -0.2) is 0 Å². The molecular formula is C16H21F3N2O4. The Morgan fingerprint density at radius 2 is 1.88 bits per heavy atom. The zero-order valence-corrected chi connectivity index (χ0v) is 14.1. The summed E-state index contributed by atoms with van der Waals surface area (Å²) in [6.45, 7) is 1.91. The van der Waals surface area contributed by atoms with Crippen LogP contribution in [0.5, 0.6) is 11.5 Å². The molecule has 1 amide bonds. The molecule has 1 aliphatic heterocycles. The zero-order chi connectivity index (χ0) is 18.4. The van der Waals surface area contributed by atoms with Crippen LogP contribution in [0.2, 0.25) is 0 Å². The monoisotopic (exact) mass is 362 g/mol. The summed E-state index contributed by atoms with van der Waals surface area (Å²) < 4.78 is 53.2. The maximum absolute atomic E-state index is 12.5. The van der Waals surface area contributed by atoms with E-state index in [9.17, 15) is 18.0 Å². The SMILES string of the molecule is COc1ccc([C@@H](CNC(=O)C(F)(F)F)N2CCOCC2)cc1OC. The minimum absolute atomic E-state index is 0.173. The average Bonchev–Trinajstić information content (AvgIpc) is 2.61. The van der Waals surface area contributed by atoms with Crippen molar-refractivity contribution in [1.29, 1.82) is 0 Å². The first-order valence-electron chi connectivity index (χ1n) is 7.75. The summed E-state index contributed by atoms with van der Waals surface area (Å²) in [6.07, 6.45) is -4.91. The molecule has 0 aromatic heterocycles. The predicted molar refractivity (Wildman–Crippen MR) is 83.7 cm³/mol. The quantitative estimate of drug-likeness (QED) is 0.836. The number of hydrogen-bond acceptors (Lipinski definition) is 5. The van der Waals surface area contributed by atoms with Gasteiger partial charge in [-0.05, 0) is 17.7 Å². The maximum atomic E-state index is 12.5. The molecule has 0 spiro atoms. The van der Waals surface area contributed by atoms with E-state index in [2.05, 4.69) is 0 Å². The molecule has 2 rings (SSSR count). The first-order valence-corrected chi connectivity index (χ1v) is 7.75. The van der Waals surface area contributed by atoms with Crippen molar-refractivity contribution in [3.8, 4) is 11.5 Å². The van der Waals surface area contributed by atoms with Gasteiger partial charge in [-0.3, -0.25) is 9.69 Å². The number of halogens is 3. The predicted octanol–water partition coefficient (Wildman–Crippen LogP) is 1.76. The molecule has 1 fully saturated rings. The zero-order valence-electron chi connectivity index (χ0n) is 14.1. The van der Waals surface area contributed by atoms with E-state index in [4.69, 9.17) is 14.2 Å². The van der Waals surface area contributed by atoms with Crippen LogP contribution in [0.15, 0.2) is 18.2 Å². The van der Waals surface area contributed by atoms with Gasteiger partial charge < -0.3 is 19.5 Å². The third kappa shape index (κ3) is 4.99. The van der Waals surface area contributed by atoms with Crippen molar-refractivity contribution in [1.82, 2.24) is 10.2 Å². The van der Waals surface area contributed by atoms with Crippen LogP contribution in [0.3, 0.4) is 0 Å². The molecule has 1 aliphatic rings. The lowest BCUT2D eigenvalue weighted by Crippen LogP contribution is -2.46. The molecule has 0 bridgehead atoms. The smallest absolute Gasteiger partial charge is 0.471 e. The number of rotatable bonds is 6. The van der Waals surface area contributed by atoms with Gasteiger partial charge in [0.15, 0.2) is 11.5 Å². The van der Waals surface area contributed by atoms with Crippen molar-refractivity contribution in [2.24, 2.45) is 0 Å². The lowest BCUT2D eigenvalue weighted by atomic mass is 10.0. The van der Waals surface area contributed by atoms with E-state index in [0.717, 1.165) is 5.56 Å². The summed E-state index contributed by atoms with van der Waals surface area (Å²) in [6, 6.07) is 4.71. The number of carbonyl (C=O) groups excluding carboxylic acids is 1. The first kappa shape index (κ1) is 19.3. The highest BCUT2D eigenvalue weighted by Crippen LogP contribution is 2.32. The van der Waals surface area contributed by atoms with Crippen LogP contribution < -0.4 is 14.8 Å². The summed E-state index contributed by atoms with van der Waals surface area (Å²) >= 11 is 0. The highest BCUT2D eigenvalue weighted by molar-refractivity contribution is 5.81. The van der Waals surface area contributed by atoms with E-state index in [1.165, 1.54) is 14.2 Å². The Morgan fingerprint density at radius 3 is 2.44 bits per heavy atom. The van der Waals surface area contributed by atoms with Crippen LogP contribution in [0.25, 0.3) is 0 Å². The molecule has 0 radical (unpaired) electrons. The van der Waals surface area contributed by atoms with Crippen molar-refractivity contribution in [3.05, 3.63) is 23.8 Å². The molecule has 1 heterocycles. The van der Waals surface area contributed by atoms with E-state index in [0.29, 0.717) is 37.8 Å². The Morgan fingerprint density at radius 1 is 1.24 bits per heavy atom. The van der Waals surface area contributed by atoms with Crippen molar-refractivity contribution >= 4 is 5.91 Å². The topological polar surface area (TPSA) is 60.0 Å². The Hall–Kier alpha value is -2.00. The van der Waals surface area contributed by atoms with Crippen LogP contribution in [-0.4, -0.2) is 64.1 Å². The van der Waals surface area contributed by atoms with Gasteiger partial charge in [0.2, 0.25) is 0 Å². The van der Waals surface area contributed by atoms with E-state index >= 15 is 0 Å². The fourth-order valence-corrected chi connectivity index (χ4v) is 2.70. The number of nitrogens with one attached hydrogen (secondary N) is 1. The summed E-state index contributed by atoms with van der Waals surface area (Å²) in [5.74, 6) is -0.960. The van der Waals surface area contributed by atoms with Gasteiger partial charge in [0, 0.05) is 19.6 Å². The van der Waals surface area contributed by atoms with Crippen LogP contribution >= 0.6 is 0 Å². The summed E-state index contributed by atoms with van der Waals surface area (Å²) in [5, 5.41) is 1.97. The number of amides is 1. The van der Waals surface area contributed by atoms with Crippen molar-refractivity contribution in [2.75, 3.05) is 47.1 Å². The summed E-state index contributed by atoms with van der Waals surface area (Å²) in [5.41, 5.74) is 0.724. The van der Waals surface area contributed by atoms with Crippen molar-refractivity contribution in [2.45, 2.75) is 12.2 Å². The van der Waals surface area contributed by atoms with Crippen molar-refractivity contribution in [3.63, 3.8) is 0 Å².